The molecule has 0 saturated heterocycles. The Morgan fingerprint density at radius 2 is 1.72 bits per heavy atom. The van der Waals surface area contributed by atoms with E-state index in [9.17, 15) is 14.7 Å². The summed E-state index contributed by atoms with van der Waals surface area (Å²) in [6.07, 6.45) is 0. The minimum absolute atomic E-state index is 0.0384. The van der Waals surface area contributed by atoms with Crippen molar-refractivity contribution in [3.8, 4) is 5.75 Å². The van der Waals surface area contributed by atoms with Gasteiger partial charge in [0.1, 0.15) is 12.4 Å². The third-order valence-electron chi connectivity index (χ3n) is 3.53. The minimum atomic E-state index is -1.17. The third kappa shape index (κ3) is 4.95. The molecule has 7 heteroatoms. The summed E-state index contributed by atoms with van der Waals surface area (Å²) < 4.78 is 5.05. The van der Waals surface area contributed by atoms with Crippen molar-refractivity contribution >= 4 is 23.5 Å². The molecule has 0 bridgehead atoms. The quantitative estimate of drug-likeness (QED) is 0.763. The second-order valence-corrected chi connectivity index (χ2v) is 5.71. The van der Waals surface area contributed by atoms with Crippen LogP contribution in [0.2, 0.25) is 5.02 Å². The van der Waals surface area contributed by atoms with Gasteiger partial charge in [0.05, 0.1) is 7.11 Å². The second-order valence-electron chi connectivity index (χ2n) is 5.27. The van der Waals surface area contributed by atoms with Crippen molar-refractivity contribution in [2.24, 2.45) is 0 Å². The maximum atomic E-state index is 12.6. The van der Waals surface area contributed by atoms with Crippen LogP contribution in [0.5, 0.6) is 5.75 Å². The van der Waals surface area contributed by atoms with Crippen LogP contribution < -0.4 is 4.74 Å². The molecule has 2 aromatic rings. The summed E-state index contributed by atoms with van der Waals surface area (Å²) in [5.74, 6) is -1.12. The highest BCUT2D eigenvalue weighted by Gasteiger charge is 2.28. The van der Waals surface area contributed by atoms with Crippen molar-refractivity contribution in [1.82, 2.24) is 5.06 Å². The summed E-state index contributed by atoms with van der Waals surface area (Å²) in [7, 11) is 1.52. The Labute approximate surface area is 150 Å². The number of hydrogen-bond donors (Lipinski definition) is 1. The molecule has 0 aromatic heterocycles. The molecule has 0 aliphatic carbocycles. The molecule has 0 saturated carbocycles. The monoisotopic (exact) mass is 363 g/mol. The Kier molecular flexibility index (Phi) is 6.38. The molecule has 0 heterocycles. The molecule has 2 aromatic carbocycles. The van der Waals surface area contributed by atoms with Crippen LogP contribution in [0.15, 0.2) is 48.5 Å². The van der Waals surface area contributed by atoms with E-state index in [1.165, 1.54) is 14.0 Å². The Morgan fingerprint density at radius 1 is 1.12 bits per heavy atom. The van der Waals surface area contributed by atoms with Crippen LogP contribution in [0.1, 0.15) is 22.8 Å². The molecule has 2 rings (SSSR count). The maximum Gasteiger partial charge on any atom is 0.328 e. The zero-order valence-corrected chi connectivity index (χ0v) is 14.6. The van der Waals surface area contributed by atoms with E-state index in [2.05, 4.69) is 0 Å². The minimum Gasteiger partial charge on any atom is -0.497 e. The van der Waals surface area contributed by atoms with Crippen LogP contribution >= 0.6 is 11.6 Å². The smallest absolute Gasteiger partial charge is 0.328 e. The van der Waals surface area contributed by atoms with E-state index < -0.39 is 17.9 Å². The van der Waals surface area contributed by atoms with E-state index in [0.717, 1.165) is 10.6 Å². The molecule has 1 N–H and O–H groups in total. The molecule has 0 aliphatic rings. The van der Waals surface area contributed by atoms with Crippen molar-refractivity contribution in [1.29, 1.82) is 0 Å². The number of carbonyl (C=O) groups excluding carboxylic acids is 1. The lowest BCUT2D eigenvalue weighted by Gasteiger charge is -2.25. The first-order chi connectivity index (χ1) is 11.9. The average Bonchev–Trinajstić information content (AvgIpc) is 2.63. The van der Waals surface area contributed by atoms with Crippen LogP contribution in [-0.4, -0.2) is 35.2 Å². The van der Waals surface area contributed by atoms with E-state index in [1.807, 2.05) is 0 Å². The molecule has 6 nitrogen and oxygen atoms in total. The Balaban J connectivity index is 2.17. The molecule has 132 valence electrons. The van der Waals surface area contributed by atoms with Gasteiger partial charge in [-0.3, -0.25) is 9.63 Å². The van der Waals surface area contributed by atoms with Gasteiger partial charge in [0.2, 0.25) is 0 Å². The number of carboxylic acid groups (broad SMARTS) is 1. The number of methoxy groups -OCH3 is 1. The number of ether oxygens (including phenoxy) is 1. The molecule has 1 unspecified atom stereocenters. The summed E-state index contributed by atoms with van der Waals surface area (Å²) in [5, 5.41) is 10.7. The van der Waals surface area contributed by atoms with Crippen LogP contribution in [0.25, 0.3) is 0 Å². The molecule has 0 spiro atoms. The molecular formula is C18H18ClNO5. The largest absolute Gasteiger partial charge is 0.497 e. The Hall–Kier alpha value is -2.57. The number of hydroxylamine groups is 2. The molecule has 0 aliphatic heterocycles. The summed E-state index contributed by atoms with van der Waals surface area (Å²) in [4.78, 5) is 29.5. The van der Waals surface area contributed by atoms with Gasteiger partial charge in [-0.25, -0.2) is 9.86 Å². The summed E-state index contributed by atoms with van der Waals surface area (Å²) >= 11 is 5.83. The Bertz CT molecular complexity index is 730. The summed E-state index contributed by atoms with van der Waals surface area (Å²) in [5.41, 5.74) is 1.06. The van der Waals surface area contributed by atoms with Crippen LogP contribution in [0.4, 0.5) is 0 Å². The molecule has 0 radical (unpaired) electrons. The first-order valence-electron chi connectivity index (χ1n) is 7.50. The molecule has 0 fully saturated rings. The number of benzene rings is 2. The van der Waals surface area contributed by atoms with E-state index in [-0.39, 0.29) is 6.61 Å². The Morgan fingerprint density at radius 3 is 2.24 bits per heavy atom. The highest BCUT2D eigenvalue weighted by Crippen LogP contribution is 2.17. The highest BCUT2D eigenvalue weighted by molar-refractivity contribution is 6.30. The van der Waals surface area contributed by atoms with Gasteiger partial charge in [-0.15, -0.1) is 0 Å². The summed E-state index contributed by atoms with van der Waals surface area (Å²) in [6, 6.07) is 12.1. The van der Waals surface area contributed by atoms with Crippen molar-refractivity contribution in [2.45, 2.75) is 19.6 Å². The normalized spacial score (nSPS) is 11.6. The lowest BCUT2D eigenvalue weighted by atomic mass is 10.2. The molecule has 1 amide bonds. The van der Waals surface area contributed by atoms with Gasteiger partial charge in [0.15, 0.2) is 6.04 Å². The van der Waals surface area contributed by atoms with Crippen molar-refractivity contribution in [3.63, 3.8) is 0 Å². The van der Waals surface area contributed by atoms with Crippen molar-refractivity contribution in [2.75, 3.05) is 7.11 Å². The zero-order chi connectivity index (χ0) is 18.4. The molecule has 1 atom stereocenters. The summed E-state index contributed by atoms with van der Waals surface area (Å²) in [6.45, 7) is 1.42. The number of carbonyl (C=O) groups is 2. The average molecular weight is 364 g/mol. The number of aliphatic carboxylic acids is 1. The number of nitrogens with zero attached hydrogens (tertiary/aromatic N) is 1. The SMILES string of the molecule is COc1ccc(C(=O)N(OCc2ccc(Cl)cc2)C(C)C(=O)O)cc1. The lowest BCUT2D eigenvalue weighted by Crippen LogP contribution is -2.43. The van der Waals surface area contributed by atoms with Gasteiger partial charge in [0.25, 0.3) is 5.91 Å². The number of carboxylic acids is 1. The second kappa shape index (κ2) is 8.50. The van der Waals surface area contributed by atoms with E-state index in [1.54, 1.807) is 48.5 Å². The van der Waals surface area contributed by atoms with Gasteiger partial charge < -0.3 is 9.84 Å². The predicted octanol–water partition coefficient (Wildman–Crippen LogP) is 3.40. The fourth-order valence-electron chi connectivity index (χ4n) is 2.03. The topological polar surface area (TPSA) is 76.1 Å². The standard InChI is InChI=1S/C18H18ClNO5/c1-12(18(22)23)20(25-11-13-3-7-15(19)8-4-13)17(21)14-5-9-16(24-2)10-6-14/h3-10,12H,11H2,1-2H3,(H,22,23). The predicted molar refractivity (Wildman–Crippen MR) is 92.5 cm³/mol. The van der Waals surface area contributed by atoms with Crippen LogP contribution in [-0.2, 0) is 16.2 Å². The highest BCUT2D eigenvalue weighted by atomic mass is 35.5. The van der Waals surface area contributed by atoms with E-state index in [4.69, 9.17) is 21.2 Å². The van der Waals surface area contributed by atoms with Gasteiger partial charge in [-0.1, -0.05) is 23.7 Å². The fourth-order valence-corrected chi connectivity index (χ4v) is 2.16. The zero-order valence-electron chi connectivity index (χ0n) is 13.8. The van der Waals surface area contributed by atoms with Gasteiger partial charge >= 0.3 is 5.97 Å². The first-order valence-corrected chi connectivity index (χ1v) is 7.88. The molecular weight excluding hydrogens is 346 g/mol. The van der Waals surface area contributed by atoms with Crippen LogP contribution in [0.3, 0.4) is 0 Å². The maximum absolute atomic E-state index is 12.6. The van der Waals surface area contributed by atoms with Gasteiger partial charge in [-0.05, 0) is 48.9 Å². The fraction of sp³-hybridized carbons (Fsp3) is 0.222. The number of amides is 1. The first kappa shape index (κ1) is 18.8. The van der Waals surface area contributed by atoms with Gasteiger partial charge in [0, 0.05) is 10.6 Å². The van der Waals surface area contributed by atoms with E-state index >= 15 is 0 Å². The van der Waals surface area contributed by atoms with Crippen LogP contribution in [0, 0.1) is 0 Å². The van der Waals surface area contributed by atoms with E-state index in [0.29, 0.717) is 16.3 Å². The third-order valence-corrected chi connectivity index (χ3v) is 3.78. The number of rotatable bonds is 7. The lowest BCUT2D eigenvalue weighted by molar-refractivity contribution is -0.178. The number of halogens is 1. The van der Waals surface area contributed by atoms with Gasteiger partial charge in [-0.2, -0.15) is 0 Å². The molecule has 25 heavy (non-hydrogen) atoms. The van der Waals surface area contributed by atoms with Crippen molar-refractivity contribution in [3.05, 3.63) is 64.7 Å². The number of hydrogen-bond acceptors (Lipinski definition) is 4. The van der Waals surface area contributed by atoms with Crippen molar-refractivity contribution < 1.29 is 24.3 Å².